The van der Waals surface area contributed by atoms with Gasteiger partial charge < -0.3 is 14.5 Å². The van der Waals surface area contributed by atoms with E-state index < -0.39 is 5.60 Å². The Kier molecular flexibility index (Phi) is 3.56. The van der Waals surface area contributed by atoms with E-state index in [-0.39, 0.29) is 6.09 Å². The summed E-state index contributed by atoms with van der Waals surface area (Å²) in [7, 11) is 0. The fourth-order valence-corrected chi connectivity index (χ4v) is 3.30. The van der Waals surface area contributed by atoms with Crippen LogP contribution in [0.15, 0.2) is 0 Å². The lowest BCUT2D eigenvalue weighted by Gasteiger charge is -2.40. The minimum absolute atomic E-state index is 0.182. The van der Waals surface area contributed by atoms with Crippen LogP contribution in [-0.2, 0) is 9.57 Å². The van der Waals surface area contributed by atoms with Crippen LogP contribution >= 0.6 is 0 Å². The van der Waals surface area contributed by atoms with Crippen molar-refractivity contribution in [2.24, 2.45) is 23.7 Å². The summed E-state index contributed by atoms with van der Waals surface area (Å²) >= 11 is 0. The highest BCUT2D eigenvalue weighted by Crippen LogP contribution is 2.50. The van der Waals surface area contributed by atoms with E-state index in [9.17, 15) is 4.79 Å². The summed E-state index contributed by atoms with van der Waals surface area (Å²) in [6.45, 7) is 9.20. The molecule has 0 aromatic heterocycles. The fourth-order valence-electron chi connectivity index (χ4n) is 3.30. The Bertz CT molecular complexity index is 327. The summed E-state index contributed by atoms with van der Waals surface area (Å²) in [4.78, 5) is 18.7. The predicted molar refractivity (Wildman–Crippen MR) is 67.6 cm³/mol. The zero-order valence-electron chi connectivity index (χ0n) is 11.7. The van der Waals surface area contributed by atoms with Crippen LogP contribution in [0.5, 0.6) is 0 Å². The highest BCUT2D eigenvalue weighted by molar-refractivity contribution is 5.69. The number of nitrogens with two attached hydrogens (primary N) is 1. The van der Waals surface area contributed by atoms with Crippen LogP contribution in [0.1, 0.15) is 34.1 Å². The van der Waals surface area contributed by atoms with Crippen molar-refractivity contribution < 1.29 is 14.4 Å². The zero-order valence-corrected chi connectivity index (χ0v) is 11.7. The molecule has 2 unspecified atom stereocenters. The lowest BCUT2D eigenvalue weighted by molar-refractivity contribution is 0.00533. The number of rotatable bonds is 3. The van der Waals surface area contributed by atoms with Gasteiger partial charge in [0.05, 0.1) is 6.61 Å². The molecule has 104 valence electrons. The third-order valence-corrected chi connectivity index (χ3v) is 4.01. The maximum Gasteiger partial charge on any atom is 0.410 e. The lowest BCUT2D eigenvalue weighted by atomic mass is 9.68. The van der Waals surface area contributed by atoms with Crippen molar-refractivity contribution in [2.75, 3.05) is 13.2 Å². The predicted octanol–water partition coefficient (Wildman–Crippen LogP) is 1.77. The summed E-state index contributed by atoms with van der Waals surface area (Å²) < 4.78 is 5.44. The zero-order chi connectivity index (χ0) is 13.5. The second kappa shape index (κ2) is 4.70. The first-order valence-electron chi connectivity index (χ1n) is 6.65. The highest BCUT2D eigenvalue weighted by Gasteiger charge is 2.56. The van der Waals surface area contributed by atoms with Gasteiger partial charge >= 0.3 is 6.09 Å². The molecule has 0 spiro atoms. The van der Waals surface area contributed by atoms with E-state index >= 15 is 0 Å². The summed E-state index contributed by atoms with van der Waals surface area (Å²) in [6.07, 6.45) is 0.914. The molecule has 1 saturated carbocycles. The van der Waals surface area contributed by atoms with E-state index in [0.717, 1.165) is 13.0 Å². The number of carbonyl (C=O) groups is 1. The third kappa shape index (κ3) is 2.47. The molecular weight excluding hydrogens is 232 g/mol. The van der Waals surface area contributed by atoms with E-state index in [1.807, 2.05) is 25.7 Å². The molecule has 5 heteroatoms. The van der Waals surface area contributed by atoms with E-state index in [1.165, 1.54) is 0 Å². The lowest BCUT2D eigenvalue weighted by Crippen LogP contribution is -2.46. The largest absolute Gasteiger partial charge is 0.444 e. The Hall–Kier alpha value is -0.810. The molecule has 3 aliphatic rings. The van der Waals surface area contributed by atoms with Crippen molar-refractivity contribution >= 4 is 6.09 Å². The van der Waals surface area contributed by atoms with Crippen LogP contribution in [0.4, 0.5) is 4.79 Å². The van der Waals surface area contributed by atoms with E-state index in [4.69, 9.17) is 15.5 Å². The number of nitrogens with zero attached hydrogens (tertiary/aromatic N) is 1. The Morgan fingerprint density at radius 1 is 1.50 bits per heavy atom. The average Bonchev–Trinajstić information content (AvgIpc) is 2.71. The highest BCUT2D eigenvalue weighted by atomic mass is 16.6. The third-order valence-electron chi connectivity index (χ3n) is 4.01. The first kappa shape index (κ1) is 13.6. The summed E-state index contributed by atoms with van der Waals surface area (Å²) in [5.41, 5.74) is -0.425. The van der Waals surface area contributed by atoms with Gasteiger partial charge in [-0.2, -0.15) is 0 Å². The number of fused-ring (bicyclic) bond motifs is 1. The molecule has 1 aliphatic carbocycles. The Labute approximate surface area is 109 Å². The quantitative estimate of drug-likeness (QED) is 0.782. The van der Waals surface area contributed by atoms with Crippen LogP contribution < -0.4 is 5.90 Å². The Morgan fingerprint density at radius 2 is 2.17 bits per heavy atom. The summed E-state index contributed by atoms with van der Waals surface area (Å²) in [5, 5.41) is 0. The minimum Gasteiger partial charge on any atom is -0.444 e. The Morgan fingerprint density at radius 3 is 2.72 bits per heavy atom. The molecule has 2 N–H and O–H groups in total. The first-order chi connectivity index (χ1) is 8.33. The molecule has 18 heavy (non-hydrogen) atoms. The molecule has 4 atom stereocenters. The molecule has 0 radical (unpaired) electrons. The standard InChI is InChI=1S/C13H24N2O3/c1-8(7-17-14)11-9-5-10(11)15(6-9)12(16)18-13(2,3)4/h8-11H,5-7,14H2,1-4H3/t8?,9-,10-,11?/m0/s1. The van der Waals surface area contributed by atoms with Crippen LogP contribution in [-0.4, -0.2) is 35.8 Å². The topological polar surface area (TPSA) is 64.8 Å². The monoisotopic (exact) mass is 256 g/mol. The van der Waals surface area contributed by atoms with Gasteiger partial charge in [-0.1, -0.05) is 6.92 Å². The molecule has 3 rings (SSSR count). The van der Waals surface area contributed by atoms with E-state index in [1.54, 1.807) is 0 Å². The number of hydrogen-bond donors (Lipinski definition) is 1. The number of carbonyl (C=O) groups excluding carboxylic acids is 1. The first-order valence-corrected chi connectivity index (χ1v) is 6.65. The fraction of sp³-hybridized carbons (Fsp3) is 0.923. The van der Waals surface area contributed by atoms with E-state index in [2.05, 4.69) is 6.92 Å². The number of hydrogen-bond acceptors (Lipinski definition) is 4. The molecule has 2 heterocycles. The van der Waals surface area contributed by atoms with Gasteiger partial charge in [-0.15, -0.1) is 0 Å². The molecule has 2 bridgehead atoms. The van der Waals surface area contributed by atoms with Crippen molar-refractivity contribution in [2.45, 2.75) is 45.8 Å². The van der Waals surface area contributed by atoms with Crippen molar-refractivity contribution in [3.05, 3.63) is 0 Å². The molecule has 3 fully saturated rings. The minimum atomic E-state index is -0.425. The second-order valence-electron chi connectivity index (χ2n) is 6.58. The van der Waals surface area contributed by atoms with Gasteiger partial charge in [0.1, 0.15) is 5.60 Å². The number of ether oxygens (including phenoxy) is 1. The molecule has 0 aromatic carbocycles. The normalized spacial score (nSPS) is 32.1. The molecule has 0 aromatic rings. The van der Waals surface area contributed by atoms with Crippen LogP contribution in [0.25, 0.3) is 0 Å². The van der Waals surface area contributed by atoms with Crippen molar-refractivity contribution in [3.63, 3.8) is 0 Å². The van der Waals surface area contributed by atoms with Crippen molar-refractivity contribution in [1.29, 1.82) is 0 Å². The SMILES string of the molecule is CC(CON)C1[C@H]2C[C@@H]1N(C(=O)OC(C)(C)C)C2. The molecule has 1 amide bonds. The smallest absolute Gasteiger partial charge is 0.410 e. The molecule has 5 nitrogen and oxygen atoms in total. The molecule has 2 aliphatic heterocycles. The van der Waals surface area contributed by atoms with Gasteiger partial charge in [0.25, 0.3) is 0 Å². The average molecular weight is 256 g/mol. The second-order valence-corrected chi connectivity index (χ2v) is 6.58. The molecular formula is C13H24N2O3. The van der Waals surface area contributed by atoms with Crippen LogP contribution in [0.2, 0.25) is 0 Å². The summed E-state index contributed by atoms with van der Waals surface area (Å²) in [5.74, 6) is 6.63. The summed E-state index contributed by atoms with van der Waals surface area (Å²) in [6, 6.07) is 0.315. The van der Waals surface area contributed by atoms with Crippen molar-refractivity contribution in [3.8, 4) is 0 Å². The maximum atomic E-state index is 12.1. The van der Waals surface area contributed by atoms with Crippen molar-refractivity contribution in [1.82, 2.24) is 4.90 Å². The van der Waals surface area contributed by atoms with Crippen LogP contribution in [0.3, 0.4) is 0 Å². The maximum absolute atomic E-state index is 12.1. The van der Waals surface area contributed by atoms with E-state index in [0.29, 0.717) is 30.4 Å². The van der Waals surface area contributed by atoms with Gasteiger partial charge in [-0.25, -0.2) is 10.7 Å². The molecule has 2 saturated heterocycles. The van der Waals surface area contributed by atoms with Gasteiger partial charge in [0, 0.05) is 12.6 Å². The van der Waals surface area contributed by atoms with Gasteiger partial charge in [-0.3, -0.25) is 0 Å². The van der Waals surface area contributed by atoms with Gasteiger partial charge in [-0.05, 0) is 44.9 Å². The van der Waals surface area contributed by atoms with Crippen LogP contribution in [0, 0.1) is 17.8 Å². The van der Waals surface area contributed by atoms with Gasteiger partial charge in [0.2, 0.25) is 0 Å². The Balaban J connectivity index is 1.93. The number of amides is 1. The van der Waals surface area contributed by atoms with Gasteiger partial charge in [0.15, 0.2) is 0 Å².